The summed E-state index contributed by atoms with van der Waals surface area (Å²) in [6.07, 6.45) is 3.22. The molecule has 0 N–H and O–H groups in total. The van der Waals surface area contributed by atoms with Gasteiger partial charge in [0.1, 0.15) is 6.61 Å². The Morgan fingerprint density at radius 3 is 2.62 bits per heavy atom. The summed E-state index contributed by atoms with van der Waals surface area (Å²) in [5, 5.41) is -0.294. The SMILES string of the molecule is C=CCN1C(=O)S/C(=C/c2cc(I)c(OCc3ccc(Br)cc3)c(OC)c2)C1=O. The lowest BCUT2D eigenvalue weighted by Crippen LogP contribution is -2.27. The van der Waals surface area contributed by atoms with Crippen LogP contribution in [0.3, 0.4) is 0 Å². The van der Waals surface area contributed by atoms with E-state index in [9.17, 15) is 9.59 Å². The highest BCUT2D eigenvalue weighted by molar-refractivity contribution is 14.1. The summed E-state index contributed by atoms with van der Waals surface area (Å²) < 4.78 is 13.3. The quantitative estimate of drug-likeness (QED) is 0.231. The molecule has 3 rings (SSSR count). The summed E-state index contributed by atoms with van der Waals surface area (Å²) in [5.74, 6) is 0.878. The fraction of sp³-hybridized carbons (Fsp3) is 0.143. The van der Waals surface area contributed by atoms with E-state index in [1.807, 2.05) is 30.3 Å². The number of ether oxygens (including phenoxy) is 2. The normalized spacial score (nSPS) is 15.1. The number of imide groups is 1. The minimum absolute atomic E-state index is 0.200. The molecule has 0 unspecified atom stereocenters. The van der Waals surface area contributed by atoms with Crippen LogP contribution in [0.4, 0.5) is 4.79 Å². The molecule has 150 valence electrons. The van der Waals surface area contributed by atoms with Gasteiger partial charge in [0.15, 0.2) is 11.5 Å². The van der Waals surface area contributed by atoms with Gasteiger partial charge in [0.05, 0.1) is 15.6 Å². The summed E-state index contributed by atoms with van der Waals surface area (Å²) in [4.78, 5) is 25.9. The maximum absolute atomic E-state index is 12.4. The van der Waals surface area contributed by atoms with Crippen LogP contribution in [0.1, 0.15) is 11.1 Å². The highest BCUT2D eigenvalue weighted by Gasteiger charge is 2.34. The first-order valence-corrected chi connectivity index (χ1v) is 11.2. The third kappa shape index (κ3) is 5.23. The van der Waals surface area contributed by atoms with Gasteiger partial charge in [-0.25, -0.2) is 0 Å². The second-order valence-electron chi connectivity index (χ2n) is 6.03. The number of methoxy groups -OCH3 is 1. The zero-order valence-electron chi connectivity index (χ0n) is 15.5. The monoisotopic (exact) mass is 585 g/mol. The summed E-state index contributed by atoms with van der Waals surface area (Å²) in [6.45, 7) is 4.18. The largest absolute Gasteiger partial charge is 0.493 e. The number of amides is 2. The van der Waals surface area contributed by atoms with Gasteiger partial charge in [-0.15, -0.1) is 6.58 Å². The van der Waals surface area contributed by atoms with E-state index in [1.54, 1.807) is 19.3 Å². The molecule has 2 aromatic rings. The third-order valence-electron chi connectivity index (χ3n) is 4.03. The molecule has 2 amide bonds. The second-order valence-corrected chi connectivity index (χ2v) is 9.10. The van der Waals surface area contributed by atoms with Crippen molar-refractivity contribution < 1.29 is 19.1 Å². The summed E-state index contributed by atoms with van der Waals surface area (Å²) >= 11 is 6.51. The van der Waals surface area contributed by atoms with Gasteiger partial charge in [-0.3, -0.25) is 14.5 Å². The Balaban J connectivity index is 1.83. The van der Waals surface area contributed by atoms with Gasteiger partial charge in [-0.1, -0.05) is 34.1 Å². The Bertz CT molecular complexity index is 991. The predicted octanol–water partition coefficient (Wildman–Crippen LogP) is 5.86. The van der Waals surface area contributed by atoms with Crippen molar-refractivity contribution in [2.45, 2.75) is 6.61 Å². The molecule has 0 atom stereocenters. The Hall–Kier alpha value is -1.78. The molecule has 1 saturated heterocycles. The molecule has 1 aliphatic rings. The van der Waals surface area contributed by atoms with E-state index in [0.29, 0.717) is 23.0 Å². The molecule has 2 aromatic carbocycles. The van der Waals surface area contributed by atoms with Crippen molar-refractivity contribution in [2.75, 3.05) is 13.7 Å². The highest BCUT2D eigenvalue weighted by atomic mass is 127. The van der Waals surface area contributed by atoms with Gasteiger partial charge in [0.2, 0.25) is 0 Å². The topological polar surface area (TPSA) is 55.8 Å². The first-order chi connectivity index (χ1) is 13.9. The van der Waals surface area contributed by atoms with Gasteiger partial charge in [-0.05, 0) is 75.8 Å². The fourth-order valence-corrected chi connectivity index (χ4v) is 4.53. The van der Waals surface area contributed by atoms with E-state index < -0.39 is 0 Å². The number of carbonyl (C=O) groups excluding carboxylic acids is 2. The molecule has 0 radical (unpaired) electrons. The zero-order valence-corrected chi connectivity index (χ0v) is 20.0. The van der Waals surface area contributed by atoms with E-state index in [2.05, 4.69) is 45.1 Å². The van der Waals surface area contributed by atoms with E-state index in [1.165, 1.54) is 11.0 Å². The number of benzene rings is 2. The lowest BCUT2D eigenvalue weighted by molar-refractivity contribution is -0.122. The molecule has 0 bridgehead atoms. The van der Waals surface area contributed by atoms with E-state index in [4.69, 9.17) is 9.47 Å². The average molecular weight is 586 g/mol. The van der Waals surface area contributed by atoms with Gasteiger partial charge in [0, 0.05) is 11.0 Å². The lowest BCUT2D eigenvalue weighted by Gasteiger charge is -2.14. The van der Waals surface area contributed by atoms with Crippen LogP contribution in [-0.2, 0) is 11.4 Å². The molecule has 1 aliphatic heterocycles. The number of hydrogen-bond donors (Lipinski definition) is 0. The molecule has 5 nitrogen and oxygen atoms in total. The predicted molar refractivity (Wildman–Crippen MR) is 127 cm³/mol. The maximum atomic E-state index is 12.4. The van der Waals surface area contributed by atoms with Crippen molar-refractivity contribution in [3.8, 4) is 11.5 Å². The van der Waals surface area contributed by atoms with Crippen LogP contribution in [0.15, 0.2) is 58.4 Å². The molecule has 0 aromatic heterocycles. The number of halogens is 2. The first kappa shape index (κ1) is 21.9. The minimum Gasteiger partial charge on any atom is -0.493 e. The van der Waals surface area contributed by atoms with Crippen molar-refractivity contribution in [2.24, 2.45) is 0 Å². The molecule has 0 spiro atoms. The molecule has 8 heteroatoms. The van der Waals surface area contributed by atoms with E-state index in [-0.39, 0.29) is 17.7 Å². The van der Waals surface area contributed by atoms with Crippen LogP contribution in [-0.4, -0.2) is 29.7 Å². The van der Waals surface area contributed by atoms with Gasteiger partial charge >= 0.3 is 0 Å². The second kappa shape index (κ2) is 9.82. The lowest BCUT2D eigenvalue weighted by atomic mass is 10.1. The van der Waals surface area contributed by atoms with E-state index >= 15 is 0 Å². The van der Waals surface area contributed by atoms with Crippen molar-refractivity contribution in [3.63, 3.8) is 0 Å². The fourth-order valence-electron chi connectivity index (χ4n) is 2.64. The van der Waals surface area contributed by atoms with Crippen LogP contribution in [0, 0.1) is 3.57 Å². The Morgan fingerprint density at radius 2 is 1.97 bits per heavy atom. The Morgan fingerprint density at radius 1 is 1.24 bits per heavy atom. The average Bonchev–Trinajstić information content (AvgIpc) is 2.96. The Kier molecular flexibility index (Phi) is 7.42. The minimum atomic E-state index is -0.315. The number of carbonyl (C=O) groups is 2. The third-order valence-corrected chi connectivity index (χ3v) is 6.27. The maximum Gasteiger partial charge on any atom is 0.293 e. The van der Waals surface area contributed by atoms with Crippen LogP contribution >= 0.6 is 50.3 Å². The zero-order chi connectivity index (χ0) is 21.0. The molecule has 0 aliphatic carbocycles. The van der Waals surface area contributed by atoms with Crippen LogP contribution < -0.4 is 9.47 Å². The molecule has 0 saturated carbocycles. The molecule has 1 fully saturated rings. The van der Waals surface area contributed by atoms with Crippen LogP contribution in [0.2, 0.25) is 0 Å². The van der Waals surface area contributed by atoms with Crippen molar-refractivity contribution >= 4 is 67.5 Å². The molecule has 29 heavy (non-hydrogen) atoms. The number of rotatable bonds is 7. The van der Waals surface area contributed by atoms with Gasteiger partial charge in [0.25, 0.3) is 11.1 Å². The van der Waals surface area contributed by atoms with Crippen LogP contribution in [0.5, 0.6) is 11.5 Å². The standard InChI is InChI=1S/C21H17BrINO4S/c1-3-8-24-20(25)18(29-21(24)26)11-14-9-16(23)19(17(10-14)27-2)28-12-13-4-6-15(22)7-5-13/h3-7,9-11H,1,8,12H2,2H3/b18-11+. The Labute approximate surface area is 195 Å². The van der Waals surface area contributed by atoms with Crippen LogP contribution in [0.25, 0.3) is 6.08 Å². The first-order valence-electron chi connectivity index (χ1n) is 8.54. The molecular formula is C21H17BrINO4S. The number of thioether (sulfide) groups is 1. The smallest absolute Gasteiger partial charge is 0.293 e. The van der Waals surface area contributed by atoms with Gasteiger partial charge < -0.3 is 9.47 Å². The van der Waals surface area contributed by atoms with Crippen molar-refractivity contribution in [1.82, 2.24) is 4.90 Å². The summed E-state index contributed by atoms with van der Waals surface area (Å²) in [7, 11) is 1.57. The van der Waals surface area contributed by atoms with E-state index in [0.717, 1.165) is 30.9 Å². The number of hydrogen-bond acceptors (Lipinski definition) is 5. The molecular weight excluding hydrogens is 569 g/mol. The van der Waals surface area contributed by atoms with Crippen molar-refractivity contribution in [1.29, 1.82) is 0 Å². The summed E-state index contributed by atoms with van der Waals surface area (Å²) in [5.41, 5.74) is 1.79. The summed E-state index contributed by atoms with van der Waals surface area (Å²) in [6, 6.07) is 11.6. The van der Waals surface area contributed by atoms with Crippen molar-refractivity contribution in [3.05, 3.63) is 73.1 Å². The highest BCUT2D eigenvalue weighted by Crippen LogP contribution is 2.37. The number of nitrogens with zero attached hydrogens (tertiary/aromatic N) is 1. The molecule has 1 heterocycles. The van der Waals surface area contributed by atoms with Gasteiger partial charge in [-0.2, -0.15) is 0 Å².